The van der Waals surface area contributed by atoms with Gasteiger partial charge in [0.15, 0.2) is 6.61 Å². The van der Waals surface area contributed by atoms with Crippen molar-refractivity contribution in [2.45, 2.75) is 46.3 Å². The highest BCUT2D eigenvalue weighted by atomic mass is 16.7. The Hall–Kier alpha value is -3.76. The van der Waals surface area contributed by atoms with Gasteiger partial charge in [-0.3, -0.25) is 33.7 Å². The van der Waals surface area contributed by atoms with E-state index in [0.717, 1.165) is 11.8 Å². The molecule has 0 aliphatic carbocycles. The Balaban J connectivity index is 1.83. The van der Waals surface area contributed by atoms with Gasteiger partial charge in [0.2, 0.25) is 6.29 Å². The van der Waals surface area contributed by atoms with Gasteiger partial charge in [-0.15, -0.1) is 0 Å². The molecular weight excluding hydrogens is 448 g/mol. The number of carbonyl (C=O) groups excluding carboxylic acids is 6. The molecule has 1 aliphatic rings. The molecule has 0 aromatic heterocycles. The molecule has 184 valence electrons. The number of rotatable bonds is 12. The summed E-state index contributed by atoms with van der Waals surface area (Å²) in [6, 6.07) is 6.45. The van der Waals surface area contributed by atoms with Crippen molar-refractivity contribution in [2.75, 3.05) is 26.2 Å². The molecule has 11 nitrogen and oxygen atoms in total. The molecule has 11 heteroatoms. The summed E-state index contributed by atoms with van der Waals surface area (Å²) < 4.78 is 14.8. The van der Waals surface area contributed by atoms with Gasteiger partial charge < -0.3 is 19.1 Å². The number of fused-ring (bicyclic) bond motifs is 1. The molecule has 0 radical (unpaired) electrons. The van der Waals surface area contributed by atoms with E-state index in [9.17, 15) is 28.8 Å². The van der Waals surface area contributed by atoms with E-state index in [1.165, 1.54) is 4.90 Å². The molecule has 0 saturated heterocycles. The van der Waals surface area contributed by atoms with Crippen molar-refractivity contribution in [2.24, 2.45) is 0 Å². The average molecular weight is 476 g/mol. The minimum atomic E-state index is -1.31. The molecule has 1 heterocycles. The molecule has 1 aromatic rings. The number of hydrogen-bond acceptors (Lipinski definition) is 9. The Morgan fingerprint density at radius 2 is 1.53 bits per heavy atom. The largest absolute Gasteiger partial charge is 0.455 e. The maximum Gasteiger partial charge on any atom is 0.320 e. The lowest BCUT2D eigenvalue weighted by molar-refractivity contribution is -0.188. The van der Waals surface area contributed by atoms with Crippen LogP contribution in [0.15, 0.2) is 24.3 Å². The van der Waals surface area contributed by atoms with E-state index >= 15 is 0 Å². The van der Waals surface area contributed by atoms with Gasteiger partial charge in [-0.25, -0.2) is 0 Å². The van der Waals surface area contributed by atoms with Crippen molar-refractivity contribution >= 4 is 35.6 Å². The van der Waals surface area contributed by atoms with E-state index < -0.39 is 54.9 Å². The fourth-order valence-corrected chi connectivity index (χ4v) is 3.35. The van der Waals surface area contributed by atoms with Crippen LogP contribution in [0.5, 0.6) is 0 Å². The van der Waals surface area contributed by atoms with Gasteiger partial charge in [0.05, 0.1) is 11.1 Å². The molecular formula is C23H28N2O9. The molecule has 0 saturated carbocycles. The third kappa shape index (κ3) is 7.12. The summed E-state index contributed by atoms with van der Waals surface area (Å²) >= 11 is 0. The van der Waals surface area contributed by atoms with E-state index in [2.05, 4.69) is 0 Å². The zero-order valence-corrected chi connectivity index (χ0v) is 19.4. The molecule has 2 rings (SSSR count). The predicted octanol–water partition coefficient (Wildman–Crippen LogP) is 1.30. The molecule has 0 spiro atoms. The maximum atomic E-state index is 12.4. The van der Waals surface area contributed by atoms with E-state index in [4.69, 9.17) is 14.2 Å². The SMILES string of the molecule is CCN(CC)C(=O)COC(=O)CC(=O)OC(CCCN1C(=O)c2ccccc2C1=O)OC(C)=O. The Kier molecular flexibility index (Phi) is 9.72. The first kappa shape index (κ1) is 26.5. The summed E-state index contributed by atoms with van der Waals surface area (Å²) in [5.74, 6) is -3.93. The first-order chi connectivity index (χ1) is 16.2. The first-order valence-electron chi connectivity index (χ1n) is 10.9. The average Bonchev–Trinajstić information content (AvgIpc) is 3.03. The zero-order chi connectivity index (χ0) is 25.3. The smallest absolute Gasteiger partial charge is 0.320 e. The van der Waals surface area contributed by atoms with Crippen LogP contribution in [0.25, 0.3) is 0 Å². The quantitative estimate of drug-likeness (QED) is 0.189. The van der Waals surface area contributed by atoms with Crippen LogP contribution in [0.2, 0.25) is 0 Å². The molecule has 0 fully saturated rings. The van der Waals surface area contributed by atoms with Gasteiger partial charge >= 0.3 is 17.9 Å². The third-order valence-electron chi connectivity index (χ3n) is 5.02. The lowest BCUT2D eigenvalue weighted by Crippen LogP contribution is -2.34. The Bertz CT molecular complexity index is 921. The van der Waals surface area contributed by atoms with Crippen LogP contribution in [-0.4, -0.2) is 78.0 Å². The third-order valence-corrected chi connectivity index (χ3v) is 5.02. The fourth-order valence-electron chi connectivity index (χ4n) is 3.35. The fraction of sp³-hybridized carbons (Fsp3) is 0.478. The lowest BCUT2D eigenvalue weighted by Gasteiger charge is -2.19. The minimum Gasteiger partial charge on any atom is -0.455 e. The summed E-state index contributed by atoms with van der Waals surface area (Å²) in [6.07, 6.45) is -1.92. The van der Waals surface area contributed by atoms with Crippen LogP contribution in [0.3, 0.4) is 0 Å². The predicted molar refractivity (Wildman–Crippen MR) is 116 cm³/mol. The summed E-state index contributed by atoms with van der Waals surface area (Å²) in [4.78, 5) is 74.5. The Morgan fingerprint density at radius 1 is 0.941 bits per heavy atom. The van der Waals surface area contributed by atoms with Gasteiger partial charge in [0.25, 0.3) is 17.7 Å². The second-order valence-corrected chi connectivity index (χ2v) is 7.38. The van der Waals surface area contributed by atoms with Crippen LogP contribution in [0.1, 0.15) is 60.7 Å². The van der Waals surface area contributed by atoms with Gasteiger partial charge in [0, 0.05) is 33.0 Å². The van der Waals surface area contributed by atoms with Crippen molar-refractivity contribution in [3.05, 3.63) is 35.4 Å². The van der Waals surface area contributed by atoms with E-state index in [1.54, 1.807) is 38.1 Å². The van der Waals surface area contributed by atoms with Crippen LogP contribution < -0.4 is 0 Å². The molecule has 34 heavy (non-hydrogen) atoms. The van der Waals surface area contributed by atoms with Crippen LogP contribution >= 0.6 is 0 Å². The van der Waals surface area contributed by atoms with Crippen molar-refractivity contribution in [1.82, 2.24) is 9.80 Å². The summed E-state index contributed by atoms with van der Waals surface area (Å²) in [6.45, 7) is 5.13. The van der Waals surface area contributed by atoms with E-state index in [1.807, 2.05) is 0 Å². The summed E-state index contributed by atoms with van der Waals surface area (Å²) in [5.41, 5.74) is 0.627. The monoisotopic (exact) mass is 476 g/mol. The number of nitrogens with zero attached hydrogens (tertiary/aromatic N) is 2. The van der Waals surface area contributed by atoms with Crippen LogP contribution in [-0.2, 0) is 33.4 Å². The highest BCUT2D eigenvalue weighted by Crippen LogP contribution is 2.23. The number of benzene rings is 1. The summed E-state index contributed by atoms with van der Waals surface area (Å²) in [7, 11) is 0. The van der Waals surface area contributed by atoms with E-state index in [0.29, 0.717) is 24.2 Å². The topological polar surface area (TPSA) is 137 Å². The van der Waals surface area contributed by atoms with Gasteiger partial charge in [-0.1, -0.05) is 12.1 Å². The number of imide groups is 1. The molecule has 1 unspecified atom stereocenters. The van der Waals surface area contributed by atoms with Gasteiger partial charge in [-0.2, -0.15) is 0 Å². The van der Waals surface area contributed by atoms with Crippen molar-refractivity contribution in [3.8, 4) is 0 Å². The number of hydrogen-bond donors (Lipinski definition) is 0. The van der Waals surface area contributed by atoms with Crippen molar-refractivity contribution in [3.63, 3.8) is 0 Å². The molecule has 1 atom stereocenters. The van der Waals surface area contributed by atoms with Crippen molar-refractivity contribution < 1.29 is 43.0 Å². The maximum absolute atomic E-state index is 12.4. The highest BCUT2D eigenvalue weighted by molar-refractivity contribution is 6.21. The zero-order valence-electron chi connectivity index (χ0n) is 19.4. The number of ether oxygens (including phenoxy) is 3. The normalized spacial score (nSPS) is 13.2. The summed E-state index contributed by atoms with van der Waals surface area (Å²) in [5, 5.41) is 0. The molecule has 0 N–H and O–H groups in total. The minimum absolute atomic E-state index is 0.00574. The standard InChI is InChI=1S/C23H28N2O9/c1-4-24(5-2)18(27)14-32-19(28)13-20(29)34-21(33-15(3)26)11-8-12-25-22(30)16-9-6-7-10-17(16)23(25)31/h6-7,9-10,21H,4-5,8,11-14H2,1-3H3. The second kappa shape index (κ2) is 12.5. The lowest BCUT2D eigenvalue weighted by atomic mass is 10.1. The number of amides is 3. The number of carbonyl (C=O) groups is 6. The first-order valence-corrected chi connectivity index (χ1v) is 10.9. The molecule has 1 aliphatic heterocycles. The second-order valence-electron chi connectivity index (χ2n) is 7.38. The van der Waals surface area contributed by atoms with E-state index in [-0.39, 0.29) is 19.4 Å². The molecule has 3 amide bonds. The van der Waals surface area contributed by atoms with Gasteiger partial charge in [0.1, 0.15) is 6.42 Å². The molecule has 1 aromatic carbocycles. The Morgan fingerprint density at radius 3 is 2.06 bits per heavy atom. The number of likely N-dealkylation sites (N-methyl/N-ethyl adjacent to an activating group) is 1. The Labute approximate surface area is 196 Å². The van der Waals surface area contributed by atoms with Gasteiger partial charge in [-0.05, 0) is 32.4 Å². The van der Waals surface area contributed by atoms with Crippen LogP contribution in [0.4, 0.5) is 0 Å². The molecule has 0 bridgehead atoms. The van der Waals surface area contributed by atoms with Crippen molar-refractivity contribution in [1.29, 1.82) is 0 Å². The van der Waals surface area contributed by atoms with Crippen LogP contribution in [0, 0.1) is 0 Å². The highest BCUT2D eigenvalue weighted by Gasteiger charge is 2.34. The number of esters is 3.